The van der Waals surface area contributed by atoms with Gasteiger partial charge in [-0.3, -0.25) is 0 Å². The van der Waals surface area contributed by atoms with Crippen LogP contribution >= 0.6 is 0 Å². The first-order valence-electron chi connectivity index (χ1n) is 2.69. The number of hydrogen-bond acceptors (Lipinski definition) is 1. The van der Waals surface area contributed by atoms with E-state index in [2.05, 4.69) is 0 Å². The molecular formula is C7H3BFN. The molecule has 2 radical (unpaired) electrons. The predicted octanol–water partition coefficient (Wildman–Crippen LogP) is 0.491. The van der Waals surface area contributed by atoms with Crippen molar-refractivity contribution in [3.63, 3.8) is 0 Å². The van der Waals surface area contributed by atoms with E-state index in [1.54, 1.807) is 6.07 Å². The maximum absolute atomic E-state index is 12.5. The zero-order valence-electron chi connectivity index (χ0n) is 5.13. The van der Waals surface area contributed by atoms with E-state index < -0.39 is 5.82 Å². The van der Waals surface area contributed by atoms with E-state index in [0.717, 1.165) is 6.07 Å². The molecule has 0 aliphatic carbocycles. The van der Waals surface area contributed by atoms with Crippen molar-refractivity contribution in [2.75, 3.05) is 0 Å². The average Bonchev–Trinajstić information content (AvgIpc) is 1.88. The van der Waals surface area contributed by atoms with E-state index in [0.29, 0.717) is 5.46 Å². The zero-order chi connectivity index (χ0) is 7.56. The number of rotatable bonds is 0. The molecule has 0 N–H and O–H groups in total. The van der Waals surface area contributed by atoms with Gasteiger partial charge in [-0.1, -0.05) is 11.5 Å². The Morgan fingerprint density at radius 1 is 1.50 bits per heavy atom. The largest absolute Gasteiger partial charge is 0.206 e. The molecule has 0 saturated heterocycles. The van der Waals surface area contributed by atoms with Gasteiger partial charge in [-0.25, -0.2) is 4.39 Å². The number of halogens is 1. The van der Waals surface area contributed by atoms with Crippen LogP contribution < -0.4 is 5.46 Å². The van der Waals surface area contributed by atoms with Gasteiger partial charge in [-0.15, -0.1) is 0 Å². The normalized spacial score (nSPS) is 8.80. The fourth-order valence-electron chi connectivity index (χ4n) is 0.622. The molecule has 0 atom stereocenters. The Labute approximate surface area is 59.5 Å². The van der Waals surface area contributed by atoms with Gasteiger partial charge in [-0.2, -0.15) is 5.26 Å². The van der Waals surface area contributed by atoms with Crippen LogP contribution in [0.1, 0.15) is 5.56 Å². The van der Waals surface area contributed by atoms with E-state index in [1.807, 2.05) is 0 Å². The molecule has 46 valence electrons. The summed E-state index contributed by atoms with van der Waals surface area (Å²) in [4.78, 5) is 0. The Hall–Kier alpha value is -1.30. The van der Waals surface area contributed by atoms with Gasteiger partial charge in [0.1, 0.15) is 19.7 Å². The summed E-state index contributed by atoms with van der Waals surface area (Å²) in [5.74, 6) is -0.567. The van der Waals surface area contributed by atoms with Gasteiger partial charge in [0.25, 0.3) is 0 Å². The molecule has 1 aromatic carbocycles. The highest BCUT2D eigenvalue weighted by molar-refractivity contribution is 6.32. The van der Waals surface area contributed by atoms with E-state index in [9.17, 15) is 4.39 Å². The lowest BCUT2D eigenvalue weighted by molar-refractivity contribution is 0.625. The minimum atomic E-state index is -0.567. The van der Waals surface area contributed by atoms with Crippen LogP contribution in [0.15, 0.2) is 18.2 Å². The standard InChI is InChI=1S/C7H3BFN/c8-6-2-1-5(4-10)7(9)3-6/h1-3H. The van der Waals surface area contributed by atoms with Crippen LogP contribution in [0.5, 0.6) is 0 Å². The molecule has 0 amide bonds. The second-order valence-corrected chi connectivity index (χ2v) is 1.85. The molecule has 1 rings (SSSR count). The average molecular weight is 131 g/mol. The number of hydrogen-bond donors (Lipinski definition) is 0. The third-order valence-corrected chi connectivity index (χ3v) is 1.11. The summed E-state index contributed by atoms with van der Waals surface area (Å²) in [6.07, 6.45) is 0. The van der Waals surface area contributed by atoms with Gasteiger partial charge < -0.3 is 0 Å². The number of nitrogens with zero attached hydrogens (tertiary/aromatic N) is 1. The minimum Gasteiger partial charge on any atom is -0.206 e. The molecule has 3 heteroatoms. The molecule has 0 heterocycles. The molecule has 1 nitrogen and oxygen atoms in total. The Bertz CT molecular complexity index is 290. The van der Waals surface area contributed by atoms with E-state index in [4.69, 9.17) is 13.1 Å². The lowest BCUT2D eigenvalue weighted by Crippen LogP contribution is -2.02. The molecule has 10 heavy (non-hydrogen) atoms. The fraction of sp³-hybridized carbons (Fsp3) is 0. The lowest BCUT2D eigenvalue weighted by Gasteiger charge is -1.93. The highest BCUT2D eigenvalue weighted by Crippen LogP contribution is 2.01. The van der Waals surface area contributed by atoms with Crippen LogP contribution in [-0.2, 0) is 0 Å². The van der Waals surface area contributed by atoms with Crippen molar-refractivity contribution in [2.45, 2.75) is 0 Å². The summed E-state index contributed by atoms with van der Waals surface area (Å²) >= 11 is 0. The maximum Gasteiger partial charge on any atom is 0.140 e. The second-order valence-electron chi connectivity index (χ2n) is 1.85. The molecule has 0 spiro atoms. The van der Waals surface area contributed by atoms with Crippen molar-refractivity contribution < 1.29 is 4.39 Å². The van der Waals surface area contributed by atoms with Crippen LogP contribution in [0.3, 0.4) is 0 Å². The molecule has 0 fully saturated rings. The van der Waals surface area contributed by atoms with Crippen molar-refractivity contribution in [1.29, 1.82) is 5.26 Å². The van der Waals surface area contributed by atoms with Crippen molar-refractivity contribution >= 4 is 13.3 Å². The topological polar surface area (TPSA) is 23.8 Å². The van der Waals surface area contributed by atoms with Gasteiger partial charge in [-0.05, 0) is 12.1 Å². The first kappa shape index (κ1) is 6.82. The smallest absolute Gasteiger partial charge is 0.140 e. The summed E-state index contributed by atoms with van der Waals surface area (Å²) in [7, 11) is 5.23. The first-order chi connectivity index (χ1) is 4.74. The van der Waals surface area contributed by atoms with Gasteiger partial charge in [0.15, 0.2) is 0 Å². The highest BCUT2D eigenvalue weighted by Gasteiger charge is 1.97. The second kappa shape index (κ2) is 2.53. The zero-order valence-corrected chi connectivity index (χ0v) is 5.13. The summed E-state index contributed by atoms with van der Waals surface area (Å²) in [6.45, 7) is 0. The van der Waals surface area contributed by atoms with Crippen LogP contribution in [0.2, 0.25) is 0 Å². The predicted molar refractivity (Wildman–Crippen MR) is 36.5 cm³/mol. The van der Waals surface area contributed by atoms with Gasteiger partial charge >= 0.3 is 0 Å². The van der Waals surface area contributed by atoms with Crippen LogP contribution in [0.25, 0.3) is 0 Å². The van der Waals surface area contributed by atoms with Crippen LogP contribution in [0, 0.1) is 17.1 Å². The Morgan fingerprint density at radius 2 is 2.20 bits per heavy atom. The molecule has 0 aliphatic rings. The lowest BCUT2D eigenvalue weighted by atomic mass is 9.95. The third kappa shape index (κ3) is 1.16. The third-order valence-electron chi connectivity index (χ3n) is 1.11. The fourth-order valence-corrected chi connectivity index (χ4v) is 0.622. The summed E-state index contributed by atoms with van der Waals surface area (Å²) in [5.41, 5.74) is 0.353. The van der Waals surface area contributed by atoms with Crippen molar-refractivity contribution in [3.8, 4) is 6.07 Å². The molecule has 0 saturated carbocycles. The molecule has 0 bridgehead atoms. The summed E-state index contributed by atoms with van der Waals surface area (Å²) in [6, 6.07) is 5.66. The number of benzene rings is 1. The maximum atomic E-state index is 12.5. The van der Waals surface area contributed by atoms with E-state index in [1.165, 1.54) is 12.1 Å². The number of nitriles is 1. The van der Waals surface area contributed by atoms with Crippen LogP contribution in [0.4, 0.5) is 4.39 Å². The highest BCUT2D eigenvalue weighted by atomic mass is 19.1. The molecule has 0 unspecified atom stereocenters. The van der Waals surface area contributed by atoms with Gasteiger partial charge in [0.2, 0.25) is 0 Å². The summed E-state index contributed by atoms with van der Waals surface area (Å²) < 4.78 is 12.5. The first-order valence-corrected chi connectivity index (χ1v) is 2.69. The van der Waals surface area contributed by atoms with Crippen molar-refractivity contribution in [2.24, 2.45) is 0 Å². The van der Waals surface area contributed by atoms with Crippen molar-refractivity contribution in [3.05, 3.63) is 29.6 Å². The molecule has 0 aliphatic heterocycles. The molecular weight excluding hydrogens is 128 g/mol. The Kier molecular flexibility index (Phi) is 1.72. The van der Waals surface area contributed by atoms with Crippen molar-refractivity contribution in [1.82, 2.24) is 0 Å². The van der Waals surface area contributed by atoms with Gasteiger partial charge in [0.05, 0.1) is 5.56 Å². The SMILES string of the molecule is [B]c1ccc(C#N)c(F)c1. The minimum absolute atomic E-state index is 0.0224. The summed E-state index contributed by atoms with van der Waals surface area (Å²) in [5, 5.41) is 8.28. The van der Waals surface area contributed by atoms with E-state index >= 15 is 0 Å². The molecule has 1 aromatic rings. The quantitative estimate of drug-likeness (QED) is 0.470. The monoisotopic (exact) mass is 131 g/mol. The van der Waals surface area contributed by atoms with Gasteiger partial charge in [0, 0.05) is 0 Å². The van der Waals surface area contributed by atoms with Crippen LogP contribution in [-0.4, -0.2) is 7.85 Å². The van der Waals surface area contributed by atoms with E-state index in [-0.39, 0.29) is 5.56 Å². The Morgan fingerprint density at radius 3 is 2.70 bits per heavy atom. The molecule has 0 aromatic heterocycles. The Balaban J connectivity index is 3.23.